The fourth-order valence-corrected chi connectivity index (χ4v) is 8.46. The summed E-state index contributed by atoms with van der Waals surface area (Å²) in [5.74, 6) is -0.696. The molecule has 4 heterocycles. The number of alkyl halides is 3. The lowest BCUT2D eigenvalue weighted by atomic mass is 10.0. The summed E-state index contributed by atoms with van der Waals surface area (Å²) < 4.78 is 52.6. The number of piperidine rings is 2. The highest BCUT2D eigenvalue weighted by molar-refractivity contribution is 6.33. The number of fused-ring (bicyclic) bond motifs is 1. The van der Waals surface area contributed by atoms with Crippen LogP contribution in [0.2, 0.25) is 5.02 Å². The molecule has 2 aromatic carbocycles. The molecule has 306 valence electrons. The molecule has 13 nitrogen and oxygen atoms in total. The van der Waals surface area contributed by atoms with E-state index in [1.54, 1.807) is 16.7 Å². The van der Waals surface area contributed by atoms with Crippen molar-refractivity contribution in [2.24, 2.45) is 0 Å². The zero-order chi connectivity index (χ0) is 40.0. The van der Waals surface area contributed by atoms with Gasteiger partial charge in [0.05, 0.1) is 29.3 Å². The molecule has 0 aromatic heterocycles. The number of amides is 4. The molecule has 0 radical (unpaired) electrons. The number of benzene rings is 2. The van der Waals surface area contributed by atoms with Gasteiger partial charge in [-0.3, -0.25) is 14.5 Å². The van der Waals surface area contributed by atoms with Gasteiger partial charge in [-0.15, -0.1) is 0 Å². The highest BCUT2D eigenvalue weighted by Crippen LogP contribution is 2.38. The zero-order valence-electron chi connectivity index (χ0n) is 31.7. The summed E-state index contributed by atoms with van der Waals surface area (Å²) in [7, 11) is 0. The summed E-state index contributed by atoms with van der Waals surface area (Å²) in [6, 6.07) is 9.79. The van der Waals surface area contributed by atoms with Gasteiger partial charge >= 0.3 is 24.3 Å². The molecule has 0 saturated carbocycles. The van der Waals surface area contributed by atoms with Gasteiger partial charge in [-0.25, -0.2) is 9.59 Å². The Hall–Kier alpha value is -4.28. The van der Waals surface area contributed by atoms with Crippen LogP contribution in [-0.2, 0) is 38.1 Å². The maximum absolute atomic E-state index is 14.1. The standard InChI is InChI=1S/C39H51ClF3N7O6/c1-2-55-34(51)12-15-46-13-8-28(9-14-46)47-19-21-48(22-20-47)36(52)33(25-26-23-30(39(41,42)43)35(44)31(40)24-26)56-38(54)49-16-10-29(11-17-49)50-18-7-27-5-3-4-6-32(27)45-37(50)53/h3-6,23-24,28-29,33H,2,7-22,25,44H2,1H3,(H,45,53). The quantitative estimate of drug-likeness (QED) is 0.248. The highest BCUT2D eigenvalue weighted by Gasteiger charge is 2.38. The van der Waals surface area contributed by atoms with E-state index in [0.29, 0.717) is 77.6 Å². The second kappa shape index (κ2) is 18.3. The Morgan fingerprint density at radius 1 is 0.929 bits per heavy atom. The van der Waals surface area contributed by atoms with Gasteiger partial charge in [0.25, 0.3) is 5.91 Å². The first-order valence-corrected chi connectivity index (χ1v) is 19.9. The van der Waals surface area contributed by atoms with Gasteiger partial charge in [-0.2, -0.15) is 13.2 Å². The molecule has 3 saturated heterocycles. The molecule has 0 spiro atoms. The molecule has 4 amide bonds. The van der Waals surface area contributed by atoms with Crippen molar-refractivity contribution in [1.29, 1.82) is 0 Å². The van der Waals surface area contributed by atoms with Gasteiger partial charge in [0.2, 0.25) is 0 Å². The number of nitrogens with two attached hydrogens (primary N) is 1. The number of carbonyl (C=O) groups is 4. The number of urea groups is 1. The van der Waals surface area contributed by atoms with Crippen LogP contribution in [0.5, 0.6) is 0 Å². The molecule has 4 aliphatic rings. The van der Waals surface area contributed by atoms with Gasteiger partial charge in [0.15, 0.2) is 6.10 Å². The van der Waals surface area contributed by atoms with Crippen LogP contribution in [0.1, 0.15) is 55.7 Å². The lowest BCUT2D eigenvalue weighted by Gasteiger charge is -2.43. The van der Waals surface area contributed by atoms with Crippen molar-refractivity contribution in [1.82, 2.24) is 24.5 Å². The largest absolute Gasteiger partial charge is 0.466 e. The first kappa shape index (κ1) is 41.4. The number of nitrogen functional groups attached to an aromatic ring is 1. The third-order valence-corrected chi connectivity index (χ3v) is 11.7. The van der Waals surface area contributed by atoms with E-state index in [-0.39, 0.29) is 48.1 Å². The number of halogens is 4. The van der Waals surface area contributed by atoms with E-state index in [1.165, 1.54) is 11.0 Å². The van der Waals surface area contributed by atoms with Gasteiger partial charge in [-0.1, -0.05) is 29.8 Å². The van der Waals surface area contributed by atoms with E-state index in [0.717, 1.165) is 43.2 Å². The monoisotopic (exact) mass is 805 g/mol. The summed E-state index contributed by atoms with van der Waals surface area (Å²) in [5, 5.41) is 2.68. The third kappa shape index (κ3) is 10.2. The summed E-state index contributed by atoms with van der Waals surface area (Å²) in [6.07, 6.45) is -3.40. The number of likely N-dealkylation sites (tertiary alicyclic amines) is 2. The predicted octanol–water partition coefficient (Wildman–Crippen LogP) is 5.11. The molecule has 4 aliphatic heterocycles. The molecule has 3 fully saturated rings. The Morgan fingerprint density at radius 2 is 1.61 bits per heavy atom. The number of piperazine rings is 1. The molecule has 2 aromatic rings. The Kier molecular flexibility index (Phi) is 13.5. The van der Waals surface area contributed by atoms with Crippen LogP contribution < -0.4 is 11.1 Å². The Morgan fingerprint density at radius 3 is 2.29 bits per heavy atom. The van der Waals surface area contributed by atoms with Crippen molar-refractivity contribution in [3.05, 3.63) is 58.1 Å². The third-order valence-electron chi connectivity index (χ3n) is 11.4. The highest BCUT2D eigenvalue weighted by atomic mass is 35.5. The maximum atomic E-state index is 14.1. The van der Waals surface area contributed by atoms with Crippen LogP contribution in [0.3, 0.4) is 0 Å². The Balaban J connectivity index is 1.07. The van der Waals surface area contributed by atoms with E-state index in [2.05, 4.69) is 15.1 Å². The van der Waals surface area contributed by atoms with Crippen molar-refractivity contribution in [3.8, 4) is 0 Å². The van der Waals surface area contributed by atoms with E-state index < -0.39 is 35.5 Å². The summed E-state index contributed by atoms with van der Waals surface area (Å²) in [5.41, 5.74) is 5.83. The second-order valence-electron chi connectivity index (χ2n) is 14.9. The topological polar surface area (TPSA) is 141 Å². The summed E-state index contributed by atoms with van der Waals surface area (Å²) in [6.45, 7) is 7.48. The zero-order valence-corrected chi connectivity index (χ0v) is 32.5. The predicted molar refractivity (Wildman–Crippen MR) is 204 cm³/mol. The lowest BCUT2D eigenvalue weighted by molar-refractivity contribution is -0.144. The minimum absolute atomic E-state index is 0.0582. The Bertz CT molecular complexity index is 1730. The Labute approximate surface area is 330 Å². The number of rotatable bonds is 10. The fourth-order valence-electron chi connectivity index (χ4n) is 8.22. The normalized spacial score (nSPS) is 19.9. The van der Waals surface area contributed by atoms with Crippen molar-refractivity contribution in [2.45, 2.75) is 76.2 Å². The number of nitrogens with one attached hydrogen (secondary N) is 1. The molecular formula is C39H51ClF3N7O6. The van der Waals surface area contributed by atoms with Crippen molar-refractivity contribution in [3.63, 3.8) is 0 Å². The first-order valence-electron chi connectivity index (χ1n) is 19.5. The number of esters is 1. The van der Waals surface area contributed by atoms with E-state index in [9.17, 15) is 32.3 Å². The van der Waals surface area contributed by atoms with E-state index in [1.807, 2.05) is 24.3 Å². The second-order valence-corrected chi connectivity index (χ2v) is 15.3. The van der Waals surface area contributed by atoms with Gasteiger partial charge < -0.3 is 40.1 Å². The number of carbonyl (C=O) groups excluding carboxylic acids is 4. The van der Waals surface area contributed by atoms with E-state index in [4.69, 9.17) is 26.8 Å². The number of anilines is 2. The number of hydrogen-bond donors (Lipinski definition) is 2. The average molecular weight is 806 g/mol. The van der Waals surface area contributed by atoms with Crippen LogP contribution in [0, 0.1) is 0 Å². The van der Waals surface area contributed by atoms with Crippen LogP contribution in [0.25, 0.3) is 0 Å². The number of nitrogens with zero attached hydrogens (tertiary/aromatic N) is 5. The molecule has 6 rings (SSSR count). The molecule has 0 bridgehead atoms. The smallest absolute Gasteiger partial charge is 0.418 e. The SMILES string of the molecule is CCOC(=O)CCN1CCC(N2CCN(C(=O)C(Cc3cc(Cl)c(N)c(C(F)(F)F)c3)OC(=O)N3CCC(N4CCc5ccccc5NC4=O)CC3)CC2)CC1. The first-order chi connectivity index (χ1) is 26.8. The van der Waals surface area contributed by atoms with Crippen molar-refractivity contribution in [2.75, 3.05) is 83.1 Å². The molecule has 3 N–H and O–H groups in total. The van der Waals surface area contributed by atoms with Gasteiger partial charge in [-0.05, 0) is 81.4 Å². The minimum atomic E-state index is -4.79. The summed E-state index contributed by atoms with van der Waals surface area (Å²) in [4.78, 5) is 62.2. The number of para-hydroxylation sites is 1. The van der Waals surface area contributed by atoms with Crippen LogP contribution in [0.4, 0.5) is 34.1 Å². The molecular weight excluding hydrogens is 755 g/mol. The number of hydrogen-bond acceptors (Lipinski definition) is 9. The maximum Gasteiger partial charge on any atom is 0.418 e. The number of ether oxygens (including phenoxy) is 2. The summed E-state index contributed by atoms with van der Waals surface area (Å²) >= 11 is 6.13. The van der Waals surface area contributed by atoms with Crippen LogP contribution in [0.15, 0.2) is 36.4 Å². The van der Waals surface area contributed by atoms with Gasteiger partial charge in [0.1, 0.15) is 0 Å². The molecule has 1 unspecified atom stereocenters. The molecule has 56 heavy (non-hydrogen) atoms. The van der Waals surface area contributed by atoms with Crippen LogP contribution in [-0.4, -0.2) is 139 Å². The van der Waals surface area contributed by atoms with E-state index >= 15 is 0 Å². The molecule has 0 aliphatic carbocycles. The van der Waals surface area contributed by atoms with Crippen molar-refractivity contribution < 1.29 is 41.8 Å². The molecule has 17 heteroatoms. The lowest BCUT2D eigenvalue weighted by Crippen LogP contribution is -2.56. The van der Waals surface area contributed by atoms with Crippen LogP contribution >= 0.6 is 11.6 Å². The fraction of sp³-hybridized carbons (Fsp3) is 0.590. The van der Waals surface area contributed by atoms with Crippen molar-refractivity contribution >= 4 is 47.0 Å². The average Bonchev–Trinajstić information content (AvgIpc) is 3.35. The minimum Gasteiger partial charge on any atom is -0.466 e. The molecule has 1 atom stereocenters. The van der Waals surface area contributed by atoms with Gasteiger partial charge in [0, 0.05) is 76.5 Å².